The highest BCUT2D eigenvalue weighted by Crippen LogP contribution is 2.80. The molecule has 5 heterocycles. The molecule has 7 fully saturated rings. The van der Waals surface area contributed by atoms with Crippen LogP contribution in [-0.2, 0) is 30.9 Å². The van der Waals surface area contributed by atoms with E-state index < -0.39 is 147 Å². The van der Waals surface area contributed by atoms with E-state index >= 15 is 4.79 Å². The summed E-state index contributed by atoms with van der Waals surface area (Å²) in [5.41, 5.74) is 1.36. The Hall–Kier alpha value is -3.88. The minimum absolute atomic E-state index is 0.0790. The van der Waals surface area contributed by atoms with E-state index in [9.17, 15) is 50.8 Å². The molecule has 3 aliphatic heterocycles. The summed E-state index contributed by atoms with van der Waals surface area (Å²) < 4.78 is 12.9. The largest absolute Gasteiger partial charge is 0.481 e. The van der Waals surface area contributed by atoms with E-state index in [1.165, 1.54) is 6.33 Å². The van der Waals surface area contributed by atoms with E-state index in [4.69, 9.17) is 20.2 Å². The second-order valence-electron chi connectivity index (χ2n) is 29.4. The van der Waals surface area contributed by atoms with Crippen LogP contribution >= 0.6 is 0 Å². The van der Waals surface area contributed by atoms with Crippen molar-refractivity contribution in [3.8, 4) is 0 Å². The Kier molecular flexibility index (Phi) is 15.9. The van der Waals surface area contributed by atoms with Gasteiger partial charge in [0.15, 0.2) is 6.29 Å². The number of aliphatic hydroxyl groups excluding tert-OH is 8. The van der Waals surface area contributed by atoms with Gasteiger partial charge in [-0.25, -0.2) is 9.97 Å². The highest BCUT2D eigenvalue weighted by Gasteiger charge is 2.79. The first-order valence-corrected chi connectivity index (χ1v) is 31.9. The maximum Gasteiger partial charge on any atom is 0.310 e. The van der Waals surface area contributed by atoms with Crippen LogP contribution in [0.2, 0.25) is 0 Å². The molecule has 22 nitrogen and oxygen atoms in total. The number of carboxylic acids is 1. The average molecular weight is 1190 g/mol. The van der Waals surface area contributed by atoms with E-state index in [2.05, 4.69) is 76.1 Å². The number of hydrogen-bond acceptors (Lipinski definition) is 18. The zero-order valence-corrected chi connectivity index (χ0v) is 50.4. The number of anilines is 1. The highest BCUT2D eigenvalue weighted by molar-refractivity contribution is 5.87. The molecule has 0 radical (unpaired) electrons. The van der Waals surface area contributed by atoms with Gasteiger partial charge in [-0.15, -0.1) is 0 Å². The van der Waals surface area contributed by atoms with Crippen LogP contribution in [0.4, 0.5) is 5.82 Å². The number of carbonyl (C=O) groups is 2. The molecule has 25 atom stereocenters. The molecule has 1 spiro atoms. The summed E-state index contributed by atoms with van der Waals surface area (Å²) in [4.78, 5) is 46.1. The summed E-state index contributed by atoms with van der Waals surface area (Å²) >= 11 is 0. The van der Waals surface area contributed by atoms with Gasteiger partial charge in [-0.2, -0.15) is 0 Å². The van der Waals surface area contributed by atoms with Gasteiger partial charge in [0.1, 0.15) is 30.4 Å². The van der Waals surface area contributed by atoms with Crippen LogP contribution in [0.15, 0.2) is 42.7 Å². The van der Waals surface area contributed by atoms with Crippen molar-refractivity contribution in [3.63, 3.8) is 0 Å². The number of hydrogen-bond donors (Lipinski definition) is 16. The lowest BCUT2D eigenvalue weighted by atomic mass is 9.28. The molecule has 1 amide bonds. The molecule has 472 valence electrons. The molecule has 2 aromatic heterocycles. The zero-order chi connectivity index (χ0) is 60.6. The molecular formula is C63H97N9O13. The summed E-state index contributed by atoms with van der Waals surface area (Å²) in [5.74, 6) is -5.01. The highest BCUT2D eigenvalue weighted by atomic mass is 16.7. The van der Waals surface area contributed by atoms with Crippen LogP contribution in [0, 0.1) is 91.2 Å². The Morgan fingerprint density at radius 1 is 0.918 bits per heavy atom. The number of aromatic nitrogens is 4. The third-order valence-corrected chi connectivity index (χ3v) is 26.2. The van der Waals surface area contributed by atoms with Gasteiger partial charge >= 0.3 is 5.97 Å². The number of rotatable bonds is 16. The number of carbonyl (C=O) groups excluding carboxylic acids is 1. The summed E-state index contributed by atoms with van der Waals surface area (Å²) in [6, 6.07) is -0.853. The van der Waals surface area contributed by atoms with Crippen LogP contribution in [0.3, 0.4) is 0 Å². The third kappa shape index (κ3) is 8.55. The van der Waals surface area contributed by atoms with Crippen molar-refractivity contribution in [2.75, 3.05) is 57.9 Å². The summed E-state index contributed by atoms with van der Waals surface area (Å²) in [6.45, 7) is 14.6. The standard InChI is InChI=1S/C63H97N9O13/c1-7-65-20-21-66-24-33(51(64)80)49(79)63(42-26-67-30-70-42)17-12-32(44-48(63)72-54(81)61(44)14-8-9-15-61)43-46(77)50(85-53-47(78)45(76)39(75)27-84-53)57(3,29-74)40-13-16-58(4)41(59(40,43)5)11-10-34-36-23-56(2,28-73)18-19-62(36,55(82)83)37-25-68-52-38(69-31-71-52)22-35(37)60(34,58)6/h10,12,17,26,30-33,35-37,39-41,43-51,53,65-66,68,73-80H,7-9,11,13-16,18-25,27-29,64H2,1-6H3,(H,67,70)(H,69,71)(H,72,81)(H,82,83)/t32-,33+,35+,36+,37+,39-,40-,41+,43+,44-,45+,46-,47-,48+,49+,50-,51+,53+,56+,57+,58-,59+,60+,62-,63-/m1/s1. The molecule has 5 saturated carbocycles. The monoisotopic (exact) mass is 1190 g/mol. The molecule has 2 saturated heterocycles. The van der Waals surface area contributed by atoms with E-state index in [0.29, 0.717) is 88.9 Å². The number of amides is 1. The molecule has 0 bridgehead atoms. The van der Waals surface area contributed by atoms with Crippen molar-refractivity contribution < 1.29 is 65.0 Å². The lowest BCUT2D eigenvalue weighted by molar-refractivity contribution is -0.344. The van der Waals surface area contributed by atoms with Crippen LogP contribution in [-0.4, -0.2) is 185 Å². The summed E-state index contributed by atoms with van der Waals surface area (Å²) in [6.07, 6.45) is 5.63. The Morgan fingerprint density at radius 2 is 1.67 bits per heavy atom. The van der Waals surface area contributed by atoms with Crippen LogP contribution in [0.5, 0.6) is 0 Å². The van der Waals surface area contributed by atoms with Gasteiger partial charge < -0.3 is 92.4 Å². The molecule has 17 N–H and O–H groups in total. The van der Waals surface area contributed by atoms with Gasteiger partial charge in [-0.3, -0.25) is 9.59 Å². The number of ether oxygens (including phenoxy) is 2. The number of imidazole rings is 2. The number of carboxylic acid groups (broad SMARTS) is 1. The normalized spacial score (nSPS) is 47.0. The van der Waals surface area contributed by atoms with Crippen LogP contribution in [0.25, 0.3) is 0 Å². The number of aromatic amines is 2. The van der Waals surface area contributed by atoms with Gasteiger partial charge in [0, 0.05) is 61.9 Å². The zero-order valence-electron chi connectivity index (χ0n) is 50.4. The smallest absolute Gasteiger partial charge is 0.310 e. The van der Waals surface area contributed by atoms with Crippen LogP contribution in [0.1, 0.15) is 117 Å². The molecule has 10 aliphatic rings. The molecule has 85 heavy (non-hydrogen) atoms. The number of aliphatic carboxylic acids is 1. The predicted octanol–water partition coefficient (Wildman–Crippen LogP) is 1.66. The van der Waals surface area contributed by atoms with Gasteiger partial charge in [0.2, 0.25) is 5.91 Å². The number of nitrogens with two attached hydrogens (primary N) is 1. The minimum Gasteiger partial charge on any atom is -0.481 e. The van der Waals surface area contributed by atoms with E-state index in [1.807, 2.05) is 19.9 Å². The number of fused-ring (bicyclic) bond motifs is 13. The maximum atomic E-state index is 15.6. The Balaban J connectivity index is 1.07. The maximum absolute atomic E-state index is 15.6. The fourth-order valence-corrected chi connectivity index (χ4v) is 21.9. The van der Waals surface area contributed by atoms with Gasteiger partial charge in [0.25, 0.3) is 0 Å². The molecule has 22 heteroatoms. The predicted molar refractivity (Wildman–Crippen MR) is 311 cm³/mol. The SMILES string of the molecule is CCNCCNC[C@H]([C@@H](N)O)[C@H](O)[C@@]1(c2cnc[nH]2)C=C[C@H]([C@H]2[C@@H](O)[C@@H](O[C@@H]3OC[C@@H](O)[C@H](O)[C@H]3O)[C@@](C)(CO)[C@H]3CC[C@]4(C)[C@H](CC=C5[C@@H]6C[C@@](C)(CO)CC[C@]6(C(=O)O)[C@H]6CNc7nc[nH]c7C[C@@H]6[C@]54C)[C@@]23C)[C@@H]2[C@@H]1NC(=O)C21CCCC1. The topological polar surface area (TPSA) is 366 Å². The molecular weight excluding hydrogens is 1090 g/mol. The van der Waals surface area contributed by atoms with Crippen molar-refractivity contribution in [2.45, 2.75) is 173 Å². The summed E-state index contributed by atoms with van der Waals surface area (Å²) in [7, 11) is 0. The second-order valence-corrected chi connectivity index (χ2v) is 29.4. The Morgan fingerprint density at radius 3 is 2.35 bits per heavy atom. The van der Waals surface area contributed by atoms with Gasteiger partial charge in [-0.1, -0.05) is 78.2 Å². The van der Waals surface area contributed by atoms with E-state index in [0.717, 1.165) is 30.7 Å². The fourth-order valence-electron chi connectivity index (χ4n) is 21.9. The summed E-state index contributed by atoms with van der Waals surface area (Å²) in [5, 5.41) is 122. The first-order valence-electron chi connectivity index (χ1n) is 31.9. The second kappa shape index (κ2) is 22.0. The van der Waals surface area contributed by atoms with Crippen LogP contribution < -0.4 is 27.0 Å². The van der Waals surface area contributed by atoms with Crippen molar-refractivity contribution >= 4 is 17.7 Å². The number of allylic oxidation sites excluding steroid dienone is 3. The number of likely N-dealkylation sites (N-methyl/N-ethyl adjacent to an activating group) is 1. The van der Waals surface area contributed by atoms with Gasteiger partial charge in [-0.05, 0) is 127 Å². The first-order chi connectivity index (χ1) is 40.4. The molecule has 0 aromatic carbocycles. The molecule has 7 aliphatic carbocycles. The number of nitrogens with zero attached hydrogens (tertiary/aromatic N) is 2. The quantitative estimate of drug-likeness (QED) is 0.0492. The lowest BCUT2D eigenvalue weighted by Gasteiger charge is -2.76. The van der Waals surface area contributed by atoms with Crippen molar-refractivity contribution in [1.29, 1.82) is 0 Å². The van der Waals surface area contributed by atoms with E-state index in [1.54, 1.807) is 12.5 Å². The molecule has 2 aromatic rings. The Labute approximate surface area is 498 Å². The number of nitrogens with one attached hydrogen (secondary N) is 6. The van der Waals surface area contributed by atoms with Crippen molar-refractivity contribution in [1.82, 2.24) is 35.9 Å². The molecule has 0 unspecified atom stereocenters. The number of H-pyrrole nitrogens is 2. The lowest BCUT2D eigenvalue weighted by Crippen LogP contribution is -2.75. The Bertz CT molecular complexity index is 2850. The molecule has 12 rings (SSSR count). The number of aliphatic hydroxyl groups is 8. The minimum atomic E-state index is -1.71. The van der Waals surface area contributed by atoms with Crippen molar-refractivity contribution in [2.24, 2.45) is 96.9 Å². The van der Waals surface area contributed by atoms with E-state index in [-0.39, 0.29) is 43.4 Å². The van der Waals surface area contributed by atoms with Crippen molar-refractivity contribution in [3.05, 3.63) is 54.0 Å². The third-order valence-electron chi connectivity index (χ3n) is 26.2. The fraction of sp³-hybridized carbons (Fsp3) is 0.810. The average Bonchev–Trinajstić information content (AvgIpc) is 1.30. The van der Waals surface area contributed by atoms with Gasteiger partial charge in [0.05, 0.1) is 72.2 Å². The first kappa shape index (κ1) is 61.4.